The summed E-state index contributed by atoms with van der Waals surface area (Å²) >= 11 is 0. The molecule has 1 atom stereocenters. The van der Waals surface area contributed by atoms with Crippen LogP contribution in [-0.4, -0.2) is 77.3 Å². The Bertz CT molecular complexity index is 1980. The molecular formula is C41H45N5O3. The third kappa shape index (κ3) is 7.04. The molecule has 0 saturated carbocycles. The Morgan fingerprint density at radius 1 is 0.918 bits per heavy atom. The largest absolute Gasteiger partial charge is 0.355 e. The van der Waals surface area contributed by atoms with Gasteiger partial charge in [-0.05, 0) is 98.9 Å². The average molecular weight is 656 g/mol. The van der Waals surface area contributed by atoms with Crippen molar-refractivity contribution >= 4 is 17.7 Å². The van der Waals surface area contributed by atoms with E-state index in [-0.39, 0.29) is 23.8 Å². The third-order valence-electron chi connectivity index (χ3n) is 9.92. The van der Waals surface area contributed by atoms with Crippen LogP contribution in [0.4, 0.5) is 0 Å². The van der Waals surface area contributed by atoms with Gasteiger partial charge in [-0.25, -0.2) is 0 Å². The van der Waals surface area contributed by atoms with Crippen LogP contribution in [0.25, 0.3) is 11.3 Å². The molecule has 8 heteroatoms. The molecule has 3 heterocycles. The number of hydrogen-bond donors (Lipinski definition) is 1. The van der Waals surface area contributed by atoms with Gasteiger partial charge in [0.2, 0.25) is 5.91 Å². The summed E-state index contributed by atoms with van der Waals surface area (Å²) in [6.45, 7) is 6.29. The molecular weight excluding hydrogens is 610 g/mol. The molecule has 4 aromatic rings. The standard InChI is InChI=1S/C41H45N5O3/c1-27-20-31-11-7-8-12-33(31)26-46(27)41(49)37-23-34-25-45(39(47)21-30-15-13-29(14-16-30)10-9-18-43(4)5)19-17-32(34)22-36(37)38-24-35(40(48)42-3)28(2)44(38)6/h7-8,11-16,22-24,27H,17-21,25-26H2,1-6H3,(H,42,48)/t27-/m1/s1. The summed E-state index contributed by atoms with van der Waals surface area (Å²) in [5, 5.41) is 2.74. The topological polar surface area (TPSA) is 77.9 Å². The van der Waals surface area contributed by atoms with Crippen molar-refractivity contribution in [1.29, 1.82) is 0 Å². The van der Waals surface area contributed by atoms with Crippen LogP contribution in [0, 0.1) is 18.8 Å². The van der Waals surface area contributed by atoms with Crippen LogP contribution in [0.5, 0.6) is 0 Å². The average Bonchev–Trinajstić information content (AvgIpc) is 3.40. The highest BCUT2D eigenvalue weighted by molar-refractivity contribution is 6.03. The zero-order chi connectivity index (χ0) is 34.8. The maximum atomic E-state index is 14.6. The number of carbonyl (C=O) groups is 3. The molecule has 0 saturated heterocycles. The molecule has 3 aromatic carbocycles. The van der Waals surface area contributed by atoms with Crippen LogP contribution in [0.1, 0.15) is 66.7 Å². The molecule has 8 nitrogen and oxygen atoms in total. The van der Waals surface area contributed by atoms with Crippen molar-refractivity contribution in [2.24, 2.45) is 7.05 Å². The Balaban J connectivity index is 1.31. The highest BCUT2D eigenvalue weighted by Gasteiger charge is 2.32. The first kappa shape index (κ1) is 33.8. The predicted molar refractivity (Wildman–Crippen MR) is 193 cm³/mol. The van der Waals surface area contributed by atoms with E-state index in [9.17, 15) is 14.4 Å². The summed E-state index contributed by atoms with van der Waals surface area (Å²) in [6, 6.07) is 22.2. The van der Waals surface area contributed by atoms with Gasteiger partial charge in [0.1, 0.15) is 0 Å². The monoisotopic (exact) mass is 655 g/mol. The van der Waals surface area contributed by atoms with E-state index in [1.165, 1.54) is 5.56 Å². The predicted octanol–water partition coefficient (Wildman–Crippen LogP) is 4.99. The number of rotatable bonds is 6. The molecule has 6 rings (SSSR count). The van der Waals surface area contributed by atoms with E-state index in [1.54, 1.807) is 7.05 Å². The number of hydrogen-bond acceptors (Lipinski definition) is 4. The molecule has 1 aromatic heterocycles. The van der Waals surface area contributed by atoms with Gasteiger partial charge in [-0.2, -0.15) is 0 Å². The number of nitrogens with one attached hydrogen (secondary N) is 1. The van der Waals surface area contributed by atoms with Crippen molar-refractivity contribution in [3.63, 3.8) is 0 Å². The van der Waals surface area contributed by atoms with Crippen molar-refractivity contribution in [3.05, 3.63) is 117 Å². The zero-order valence-corrected chi connectivity index (χ0v) is 29.4. The van der Waals surface area contributed by atoms with Crippen LogP contribution in [0.2, 0.25) is 0 Å². The Labute approximate surface area is 289 Å². The van der Waals surface area contributed by atoms with Gasteiger partial charge in [0.05, 0.1) is 18.5 Å². The number of amides is 3. The van der Waals surface area contributed by atoms with Gasteiger partial charge in [-0.1, -0.05) is 48.2 Å². The van der Waals surface area contributed by atoms with Crippen molar-refractivity contribution in [2.45, 2.75) is 52.2 Å². The summed E-state index contributed by atoms with van der Waals surface area (Å²) in [6.07, 6.45) is 1.78. The smallest absolute Gasteiger partial charge is 0.255 e. The molecule has 0 spiro atoms. The zero-order valence-electron chi connectivity index (χ0n) is 29.4. The van der Waals surface area contributed by atoms with Gasteiger partial charge in [-0.3, -0.25) is 19.3 Å². The fourth-order valence-corrected chi connectivity index (χ4v) is 6.93. The quantitative estimate of drug-likeness (QED) is 0.297. The van der Waals surface area contributed by atoms with E-state index in [0.717, 1.165) is 51.2 Å². The molecule has 3 amide bonds. The van der Waals surface area contributed by atoms with Crippen molar-refractivity contribution in [3.8, 4) is 23.1 Å². The molecule has 0 fully saturated rings. The minimum atomic E-state index is -0.160. The summed E-state index contributed by atoms with van der Waals surface area (Å²) in [4.78, 5) is 46.8. The summed E-state index contributed by atoms with van der Waals surface area (Å²) < 4.78 is 2.00. The van der Waals surface area contributed by atoms with Crippen molar-refractivity contribution in [1.82, 2.24) is 24.6 Å². The van der Waals surface area contributed by atoms with Crippen molar-refractivity contribution < 1.29 is 14.4 Å². The molecule has 0 aliphatic carbocycles. The number of aromatic nitrogens is 1. The van der Waals surface area contributed by atoms with E-state index in [0.29, 0.717) is 50.1 Å². The van der Waals surface area contributed by atoms with Gasteiger partial charge >= 0.3 is 0 Å². The SMILES string of the molecule is CNC(=O)c1cc(-c2cc3c(cc2C(=O)N2Cc4ccccc4C[C@H]2C)CN(C(=O)Cc2ccc(C#CCN(C)C)cc2)CC3)n(C)c1C. The lowest BCUT2D eigenvalue weighted by Gasteiger charge is -2.36. The first-order valence-corrected chi connectivity index (χ1v) is 17.0. The van der Waals surface area contributed by atoms with Gasteiger partial charge < -0.3 is 19.7 Å². The Morgan fingerprint density at radius 3 is 2.37 bits per heavy atom. The second kappa shape index (κ2) is 14.2. The van der Waals surface area contributed by atoms with Crippen LogP contribution in [0.3, 0.4) is 0 Å². The minimum Gasteiger partial charge on any atom is -0.355 e. The molecule has 252 valence electrons. The van der Waals surface area contributed by atoms with E-state index < -0.39 is 0 Å². The van der Waals surface area contributed by atoms with Gasteiger partial charge in [0.25, 0.3) is 11.8 Å². The van der Waals surface area contributed by atoms with Crippen LogP contribution in [-0.2, 0) is 44.2 Å². The summed E-state index contributed by atoms with van der Waals surface area (Å²) in [5.74, 6) is 6.17. The Hall–Kier alpha value is -5.13. The molecule has 2 aliphatic heterocycles. The maximum Gasteiger partial charge on any atom is 0.255 e. The van der Waals surface area contributed by atoms with E-state index in [2.05, 4.69) is 48.3 Å². The molecule has 1 N–H and O–H groups in total. The maximum absolute atomic E-state index is 14.6. The first-order chi connectivity index (χ1) is 23.5. The lowest BCUT2D eigenvalue weighted by atomic mass is 9.89. The Kier molecular flexibility index (Phi) is 9.75. The molecule has 0 radical (unpaired) electrons. The Morgan fingerprint density at radius 2 is 1.65 bits per heavy atom. The minimum absolute atomic E-state index is 0.0197. The summed E-state index contributed by atoms with van der Waals surface area (Å²) in [7, 11) is 7.54. The van der Waals surface area contributed by atoms with Crippen LogP contribution in [0.15, 0.2) is 66.7 Å². The van der Waals surface area contributed by atoms with E-state index in [4.69, 9.17) is 0 Å². The van der Waals surface area contributed by atoms with Gasteiger partial charge in [0, 0.05) is 67.8 Å². The fourth-order valence-electron chi connectivity index (χ4n) is 6.93. The molecule has 0 unspecified atom stereocenters. The molecule has 2 aliphatic rings. The summed E-state index contributed by atoms with van der Waals surface area (Å²) in [5.41, 5.74) is 10.1. The molecule has 49 heavy (non-hydrogen) atoms. The lowest BCUT2D eigenvalue weighted by molar-refractivity contribution is -0.131. The second-order valence-electron chi connectivity index (χ2n) is 13.6. The number of nitrogens with zero attached hydrogens (tertiary/aromatic N) is 4. The van der Waals surface area contributed by atoms with E-state index in [1.807, 2.05) is 89.8 Å². The van der Waals surface area contributed by atoms with Crippen LogP contribution >= 0.6 is 0 Å². The van der Waals surface area contributed by atoms with Gasteiger partial charge in [-0.15, -0.1) is 0 Å². The first-order valence-electron chi connectivity index (χ1n) is 17.0. The lowest BCUT2D eigenvalue weighted by Crippen LogP contribution is -2.43. The highest BCUT2D eigenvalue weighted by atomic mass is 16.2. The number of carbonyl (C=O) groups excluding carboxylic acids is 3. The van der Waals surface area contributed by atoms with Crippen molar-refractivity contribution in [2.75, 3.05) is 34.2 Å². The normalized spacial score (nSPS) is 15.3. The highest BCUT2D eigenvalue weighted by Crippen LogP contribution is 2.35. The van der Waals surface area contributed by atoms with E-state index >= 15 is 0 Å². The molecule has 0 bridgehead atoms. The third-order valence-corrected chi connectivity index (χ3v) is 9.92. The fraction of sp³-hybridized carbons (Fsp3) is 0.341. The number of fused-ring (bicyclic) bond motifs is 2. The second-order valence-corrected chi connectivity index (χ2v) is 13.6. The van der Waals surface area contributed by atoms with Crippen LogP contribution < -0.4 is 5.32 Å². The van der Waals surface area contributed by atoms with Gasteiger partial charge in [0.15, 0.2) is 0 Å². The number of benzene rings is 3.